The predicted octanol–water partition coefficient (Wildman–Crippen LogP) is 2.75. The lowest BCUT2D eigenvalue weighted by molar-refractivity contribution is -0.144. The molecule has 0 radical (unpaired) electrons. The largest absolute Gasteiger partial charge is 0.493 e. The molecule has 0 fully saturated rings. The maximum absolute atomic E-state index is 11.7. The number of rotatable bonds is 7. The van der Waals surface area contributed by atoms with E-state index in [1.165, 1.54) is 7.11 Å². The molecule has 1 rings (SSSR count). The lowest BCUT2D eigenvalue weighted by Gasteiger charge is -2.20. The molecule has 0 saturated heterocycles. The molecule has 0 aliphatic carbocycles. The van der Waals surface area contributed by atoms with E-state index in [2.05, 4.69) is 21.2 Å². The third kappa shape index (κ3) is 4.61. The Kier molecular flexibility index (Phi) is 6.98. The van der Waals surface area contributed by atoms with Crippen LogP contribution in [0.3, 0.4) is 0 Å². The Morgan fingerprint density at radius 2 is 1.90 bits per heavy atom. The minimum absolute atomic E-state index is 0.140. The first-order valence-electron chi connectivity index (χ1n) is 6.66. The minimum atomic E-state index is -0.345. The van der Waals surface area contributed by atoms with E-state index in [1.54, 1.807) is 14.2 Å². The van der Waals surface area contributed by atoms with E-state index in [1.807, 2.05) is 26.0 Å². The molecular weight excluding hydrogens is 338 g/mol. The Labute approximate surface area is 134 Å². The van der Waals surface area contributed by atoms with Crippen LogP contribution in [0.5, 0.6) is 11.5 Å². The van der Waals surface area contributed by atoms with Crippen LogP contribution in [0.25, 0.3) is 0 Å². The molecule has 1 unspecified atom stereocenters. The van der Waals surface area contributed by atoms with Crippen LogP contribution >= 0.6 is 15.9 Å². The molecule has 0 saturated carbocycles. The normalized spacial score (nSPS) is 12.1. The predicted molar refractivity (Wildman–Crippen MR) is 84.7 cm³/mol. The van der Waals surface area contributed by atoms with Gasteiger partial charge in [-0.3, -0.25) is 4.79 Å². The van der Waals surface area contributed by atoms with Gasteiger partial charge in [0.2, 0.25) is 0 Å². The molecule has 0 aliphatic heterocycles. The van der Waals surface area contributed by atoms with Gasteiger partial charge in [-0.1, -0.05) is 13.8 Å². The average Bonchev–Trinajstić information content (AvgIpc) is 2.45. The van der Waals surface area contributed by atoms with E-state index in [0.29, 0.717) is 18.0 Å². The van der Waals surface area contributed by atoms with Gasteiger partial charge >= 0.3 is 5.97 Å². The number of hydrogen-bond donors (Lipinski definition) is 1. The summed E-state index contributed by atoms with van der Waals surface area (Å²) in [7, 11) is 4.58. The van der Waals surface area contributed by atoms with Crippen molar-refractivity contribution in [3.63, 3.8) is 0 Å². The van der Waals surface area contributed by atoms with Gasteiger partial charge in [-0.25, -0.2) is 0 Å². The molecule has 0 spiro atoms. The number of carbonyl (C=O) groups is 1. The molecule has 0 aromatic heterocycles. The fraction of sp³-hybridized carbons (Fsp3) is 0.533. The van der Waals surface area contributed by atoms with Gasteiger partial charge in [0.1, 0.15) is 6.04 Å². The smallest absolute Gasteiger partial charge is 0.323 e. The van der Waals surface area contributed by atoms with Crippen LogP contribution in [0, 0.1) is 5.92 Å². The van der Waals surface area contributed by atoms with Crippen molar-refractivity contribution in [2.24, 2.45) is 5.92 Å². The van der Waals surface area contributed by atoms with Crippen LogP contribution in [0.1, 0.15) is 19.4 Å². The Hall–Kier alpha value is -1.27. The highest BCUT2D eigenvalue weighted by molar-refractivity contribution is 9.10. The molecule has 6 heteroatoms. The Morgan fingerprint density at radius 1 is 1.24 bits per heavy atom. The standard InChI is InChI=1S/C15H22BrNO4/c1-9(2)13(15(18)21-5)17-8-10-6-11(16)14(20-4)12(7-10)19-3/h6-7,9,13,17H,8H2,1-5H3. The lowest BCUT2D eigenvalue weighted by Crippen LogP contribution is -2.41. The van der Waals surface area contributed by atoms with Crippen molar-refractivity contribution in [3.8, 4) is 11.5 Å². The molecule has 1 atom stereocenters. The maximum Gasteiger partial charge on any atom is 0.323 e. The number of carbonyl (C=O) groups excluding carboxylic acids is 1. The van der Waals surface area contributed by atoms with Crippen molar-refractivity contribution in [1.29, 1.82) is 0 Å². The number of methoxy groups -OCH3 is 3. The van der Waals surface area contributed by atoms with Crippen molar-refractivity contribution in [2.75, 3.05) is 21.3 Å². The molecule has 1 N–H and O–H groups in total. The van der Waals surface area contributed by atoms with Crippen LogP contribution in [-0.4, -0.2) is 33.3 Å². The van der Waals surface area contributed by atoms with Crippen molar-refractivity contribution < 1.29 is 19.0 Å². The highest BCUT2D eigenvalue weighted by Crippen LogP contribution is 2.36. The third-order valence-electron chi connectivity index (χ3n) is 3.14. The summed E-state index contributed by atoms with van der Waals surface area (Å²) >= 11 is 3.45. The number of esters is 1. The van der Waals surface area contributed by atoms with Gasteiger partial charge in [-0.05, 0) is 39.5 Å². The topological polar surface area (TPSA) is 56.8 Å². The highest BCUT2D eigenvalue weighted by Gasteiger charge is 2.22. The Morgan fingerprint density at radius 3 is 2.38 bits per heavy atom. The number of nitrogens with one attached hydrogen (secondary N) is 1. The van der Waals surface area contributed by atoms with E-state index >= 15 is 0 Å². The fourth-order valence-corrected chi connectivity index (χ4v) is 2.67. The molecule has 0 aliphatic rings. The summed E-state index contributed by atoms with van der Waals surface area (Å²) in [5.41, 5.74) is 0.981. The summed E-state index contributed by atoms with van der Waals surface area (Å²) in [6, 6.07) is 3.47. The quantitative estimate of drug-likeness (QED) is 0.758. The number of benzene rings is 1. The van der Waals surface area contributed by atoms with E-state index in [9.17, 15) is 4.79 Å². The summed E-state index contributed by atoms with van der Waals surface area (Å²) in [5.74, 6) is 1.17. The lowest BCUT2D eigenvalue weighted by atomic mass is 10.0. The average molecular weight is 360 g/mol. The molecule has 0 bridgehead atoms. The van der Waals surface area contributed by atoms with Gasteiger partial charge in [0.15, 0.2) is 11.5 Å². The van der Waals surface area contributed by atoms with Gasteiger partial charge in [0.25, 0.3) is 0 Å². The van der Waals surface area contributed by atoms with Gasteiger partial charge < -0.3 is 19.5 Å². The van der Waals surface area contributed by atoms with E-state index in [0.717, 1.165) is 10.0 Å². The van der Waals surface area contributed by atoms with E-state index < -0.39 is 0 Å². The SMILES string of the molecule is COC(=O)C(NCc1cc(Br)c(OC)c(OC)c1)C(C)C. The number of halogens is 1. The van der Waals surface area contributed by atoms with Gasteiger partial charge in [-0.15, -0.1) is 0 Å². The van der Waals surface area contributed by atoms with Crippen LogP contribution in [0.15, 0.2) is 16.6 Å². The summed E-state index contributed by atoms with van der Waals surface area (Å²) < 4.78 is 16.2. The minimum Gasteiger partial charge on any atom is -0.493 e. The van der Waals surface area contributed by atoms with Crippen molar-refractivity contribution in [1.82, 2.24) is 5.32 Å². The fourth-order valence-electron chi connectivity index (χ4n) is 2.02. The zero-order valence-corrected chi connectivity index (χ0v) is 14.6. The van der Waals surface area contributed by atoms with Gasteiger partial charge in [0.05, 0.1) is 25.8 Å². The molecule has 1 aromatic rings. The number of ether oxygens (including phenoxy) is 3. The summed E-state index contributed by atoms with van der Waals surface area (Å²) in [5, 5.41) is 3.21. The monoisotopic (exact) mass is 359 g/mol. The maximum atomic E-state index is 11.7. The summed E-state index contributed by atoms with van der Waals surface area (Å²) in [6.07, 6.45) is 0. The van der Waals surface area contributed by atoms with Crippen LogP contribution in [0.4, 0.5) is 0 Å². The molecule has 21 heavy (non-hydrogen) atoms. The van der Waals surface area contributed by atoms with Crippen molar-refractivity contribution in [2.45, 2.75) is 26.4 Å². The first kappa shape index (κ1) is 17.8. The zero-order chi connectivity index (χ0) is 16.0. The molecule has 0 heterocycles. The summed E-state index contributed by atoms with van der Waals surface area (Å²) in [6.45, 7) is 4.47. The summed E-state index contributed by atoms with van der Waals surface area (Å²) in [4.78, 5) is 11.7. The first-order chi connectivity index (χ1) is 9.94. The second kappa shape index (κ2) is 8.24. The van der Waals surface area contributed by atoms with Crippen LogP contribution in [0.2, 0.25) is 0 Å². The van der Waals surface area contributed by atoms with Crippen LogP contribution in [-0.2, 0) is 16.1 Å². The number of hydrogen-bond acceptors (Lipinski definition) is 5. The third-order valence-corrected chi connectivity index (χ3v) is 3.73. The second-order valence-corrected chi connectivity index (χ2v) is 5.79. The first-order valence-corrected chi connectivity index (χ1v) is 7.45. The Balaban J connectivity index is 2.88. The van der Waals surface area contributed by atoms with E-state index in [4.69, 9.17) is 14.2 Å². The van der Waals surface area contributed by atoms with Crippen molar-refractivity contribution in [3.05, 3.63) is 22.2 Å². The van der Waals surface area contributed by atoms with Gasteiger partial charge in [0, 0.05) is 6.54 Å². The highest BCUT2D eigenvalue weighted by atomic mass is 79.9. The Bertz CT molecular complexity index is 491. The van der Waals surface area contributed by atoms with E-state index in [-0.39, 0.29) is 17.9 Å². The van der Waals surface area contributed by atoms with Crippen molar-refractivity contribution >= 4 is 21.9 Å². The molecular formula is C15H22BrNO4. The molecule has 5 nitrogen and oxygen atoms in total. The zero-order valence-electron chi connectivity index (χ0n) is 13.0. The van der Waals surface area contributed by atoms with Gasteiger partial charge in [-0.2, -0.15) is 0 Å². The molecule has 1 aromatic carbocycles. The second-order valence-electron chi connectivity index (χ2n) is 4.94. The molecule has 0 amide bonds. The van der Waals surface area contributed by atoms with Crippen LogP contribution < -0.4 is 14.8 Å². The molecule has 118 valence electrons.